The van der Waals surface area contributed by atoms with Crippen molar-refractivity contribution in [1.29, 1.82) is 0 Å². The van der Waals surface area contributed by atoms with E-state index in [1.54, 1.807) is 46.2 Å². The van der Waals surface area contributed by atoms with Gasteiger partial charge >= 0.3 is 5.97 Å². The van der Waals surface area contributed by atoms with Crippen LogP contribution in [0.5, 0.6) is 0 Å². The molecule has 8 nitrogen and oxygen atoms in total. The Labute approximate surface area is 207 Å². The number of nitrogens with zero attached hydrogens (tertiary/aromatic N) is 4. The normalized spacial score (nSPS) is 13.7. The first-order valence-electron chi connectivity index (χ1n) is 11.1. The van der Waals surface area contributed by atoms with Crippen molar-refractivity contribution in [1.82, 2.24) is 14.5 Å². The number of pyridine rings is 2. The Morgan fingerprint density at radius 3 is 2.47 bits per heavy atom. The number of amides is 1. The Balaban J connectivity index is 1.60. The quantitative estimate of drug-likeness (QED) is 0.408. The molecule has 0 spiro atoms. The second kappa shape index (κ2) is 9.86. The van der Waals surface area contributed by atoms with Gasteiger partial charge in [-0.25, -0.2) is 19.1 Å². The van der Waals surface area contributed by atoms with E-state index < -0.39 is 22.9 Å². The van der Waals surface area contributed by atoms with Crippen LogP contribution in [0.25, 0.3) is 11.0 Å². The summed E-state index contributed by atoms with van der Waals surface area (Å²) in [6.45, 7) is 1.08. The van der Waals surface area contributed by atoms with E-state index in [4.69, 9.17) is 0 Å². The summed E-state index contributed by atoms with van der Waals surface area (Å²) in [5, 5.41) is 1.99. The molecule has 0 aliphatic carbocycles. The molecule has 11 heteroatoms. The molecule has 36 heavy (non-hydrogen) atoms. The van der Waals surface area contributed by atoms with Gasteiger partial charge in [-0.15, -0.1) is 11.3 Å². The summed E-state index contributed by atoms with van der Waals surface area (Å²) in [5.41, 5.74) is -0.434. The van der Waals surface area contributed by atoms with Crippen molar-refractivity contribution in [2.45, 2.75) is 6.54 Å². The molecule has 5 rings (SSSR count). The topological polar surface area (TPSA) is 84.7 Å². The predicted octanol–water partition coefficient (Wildman–Crippen LogP) is 3.65. The van der Waals surface area contributed by atoms with Crippen molar-refractivity contribution in [3.05, 3.63) is 92.3 Å². The monoisotopic (exact) mass is 510 g/mol. The first-order chi connectivity index (χ1) is 17.5. The van der Waals surface area contributed by atoms with Crippen LogP contribution in [-0.2, 0) is 11.5 Å². The van der Waals surface area contributed by atoms with Gasteiger partial charge in [-0.05, 0) is 23.1 Å². The first-order valence-corrected chi connectivity index (χ1v) is 12.0. The second-order valence-corrected chi connectivity index (χ2v) is 9.19. The van der Waals surface area contributed by atoms with E-state index >= 15 is 0 Å². The molecule has 4 heterocycles. The molecule has 0 radical (unpaired) electrons. The summed E-state index contributed by atoms with van der Waals surface area (Å²) >= 11 is 1.34. The lowest BCUT2D eigenvalue weighted by atomic mass is 10.1. The molecule has 3 aromatic heterocycles. The molecular formula is C25H20F2N4O4S. The fraction of sp³-hybridized carbons (Fsp3) is 0.200. The van der Waals surface area contributed by atoms with E-state index in [0.717, 1.165) is 17.8 Å². The molecule has 1 saturated heterocycles. The predicted molar refractivity (Wildman–Crippen MR) is 130 cm³/mol. The maximum absolute atomic E-state index is 14.4. The molecule has 1 aliphatic heterocycles. The van der Waals surface area contributed by atoms with Gasteiger partial charge in [0.15, 0.2) is 5.56 Å². The van der Waals surface area contributed by atoms with E-state index in [-0.39, 0.29) is 55.4 Å². The highest BCUT2D eigenvalue weighted by atomic mass is 32.1. The van der Waals surface area contributed by atoms with E-state index in [9.17, 15) is 23.3 Å². The van der Waals surface area contributed by atoms with Crippen LogP contribution < -0.4 is 10.5 Å². The van der Waals surface area contributed by atoms with Gasteiger partial charge in [-0.2, -0.15) is 0 Å². The number of anilines is 1. The van der Waals surface area contributed by atoms with Crippen LogP contribution in [0.15, 0.2) is 64.9 Å². The van der Waals surface area contributed by atoms with Gasteiger partial charge in [0.2, 0.25) is 0 Å². The molecule has 1 aliphatic rings. The summed E-state index contributed by atoms with van der Waals surface area (Å²) in [6, 6.07) is 13.7. The van der Waals surface area contributed by atoms with Gasteiger partial charge in [0.05, 0.1) is 23.3 Å². The highest BCUT2D eigenvalue weighted by Gasteiger charge is 2.31. The zero-order chi connectivity index (χ0) is 25.2. The largest absolute Gasteiger partial charge is 0.387 e. The van der Waals surface area contributed by atoms with Crippen LogP contribution in [0.1, 0.15) is 25.6 Å². The summed E-state index contributed by atoms with van der Waals surface area (Å²) < 4.78 is 28.8. The molecule has 0 unspecified atom stereocenters. The minimum atomic E-state index is -1.47. The Bertz CT molecular complexity index is 1480. The molecule has 1 fully saturated rings. The Morgan fingerprint density at radius 1 is 1.06 bits per heavy atom. The average Bonchev–Trinajstić information content (AvgIpc) is 3.45. The molecule has 184 valence electrons. The third-order valence-corrected chi connectivity index (χ3v) is 6.97. The van der Waals surface area contributed by atoms with Crippen LogP contribution in [0.3, 0.4) is 0 Å². The molecule has 0 bridgehead atoms. The number of carbonyl (C=O) groups is 2. The van der Waals surface area contributed by atoms with Gasteiger partial charge in [-0.1, -0.05) is 36.4 Å². The molecule has 4 aromatic rings. The minimum Gasteiger partial charge on any atom is -0.367 e. The second-order valence-electron chi connectivity index (χ2n) is 8.25. The highest BCUT2D eigenvalue weighted by Crippen LogP contribution is 2.31. The lowest BCUT2D eigenvalue weighted by Crippen LogP contribution is -2.49. The van der Waals surface area contributed by atoms with Gasteiger partial charge in [0.1, 0.15) is 11.5 Å². The van der Waals surface area contributed by atoms with Gasteiger partial charge in [0, 0.05) is 36.1 Å². The number of hydrogen-bond acceptors (Lipinski definition) is 7. The van der Waals surface area contributed by atoms with Crippen molar-refractivity contribution in [3.8, 4) is 0 Å². The van der Waals surface area contributed by atoms with E-state index in [1.807, 2.05) is 11.4 Å². The Morgan fingerprint density at radius 2 is 1.81 bits per heavy atom. The summed E-state index contributed by atoms with van der Waals surface area (Å²) in [4.78, 5) is 50.4. The van der Waals surface area contributed by atoms with Crippen molar-refractivity contribution in [2.75, 3.05) is 31.1 Å². The number of halogens is 2. The highest BCUT2D eigenvalue weighted by molar-refractivity contribution is 7.12. The number of carbonyl (C=O) groups excluding carboxylic acids is 2. The average molecular weight is 511 g/mol. The van der Waals surface area contributed by atoms with E-state index in [2.05, 4.69) is 9.93 Å². The number of hydrogen-bond donors (Lipinski definition) is 0. The van der Waals surface area contributed by atoms with Crippen molar-refractivity contribution in [3.63, 3.8) is 0 Å². The molecule has 1 amide bonds. The zero-order valence-corrected chi connectivity index (χ0v) is 19.7. The summed E-state index contributed by atoms with van der Waals surface area (Å²) in [5.74, 6) is -2.27. The first kappa shape index (κ1) is 23.6. The Hall–Kier alpha value is -4.12. The van der Waals surface area contributed by atoms with E-state index in [0.29, 0.717) is 4.88 Å². The number of piperazine rings is 1. The number of benzene rings is 1. The lowest BCUT2D eigenvalue weighted by Gasteiger charge is -2.37. The van der Waals surface area contributed by atoms with Crippen LogP contribution in [0.4, 0.5) is 14.6 Å². The standard InChI is InChI=1S/C25H20F2N4O4S/c26-17-13-18-21(29-8-10-30(11-9-29)23(32)19-7-4-12-36-19)20(25(34)35-27)24(33)31(22(18)28-14-17)15-16-5-2-1-3-6-16/h1-7,12-14H,8-11,15H2. The van der Waals surface area contributed by atoms with Crippen molar-refractivity contribution < 1.29 is 23.4 Å². The molecule has 1 aromatic carbocycles. The number of aromatic nitrogens is 2. The third-order valence-electron chi connectivity index (χ3n) is 6.11. The third kappa shape index (κ3) is 4.33. The molecular weight excluding hydrogens is 490 g/mol. The minimum absolute atomic E-state index is 0.0325. The smallest absolute Gasteiger partial charge is 0.367 e. The summed E-state index contributed by atoms with van der Waals surface area (Å²) in [7, 11) is 0. The molecule has 0 atom stereocenters. The van der Waals surface area contributed by atoms with Gasteiger partial charge < -0.3 is 9.80 Å². The van der Waals surface area contributed by atoms with E-state index in [1.165, 1.54) is 15.9 Å². The molecule has 0 N–H and O–H groups in total. The maximum Gasteiger partial charge on any atom is 0.387 e. The van der Waals surface area contributed by atoms with Gasteiger partial charge in [0.25, 0.3) is 11.5 Å². The van der Waals surface area contributed by atoms with Gasteiger partial charge in [-0.3, -0.25) is 14.2 Å². The zero-order valence-electron chi connectivity index (χ0n) is 18.9. The summed E-state index contributed by atoms with van der Waals surface area (Å²) in [6.07, 6.45) is 0.984. The van der Waals surface area contributed by atoms with Crippen LogP contribution in [0, 0.1) is 5.82 Å². The van der Waals surface area contributed by atoms with Crippen LogP contribution in [-0.4, -0.2) is 52.5 Å². The van der Waals surface area contributed by atoms with Crippen LogP contribution in [0.2, 0.25) is 0 Å². The number of rotatable bonds is 5. The maximum atomic E-state index is 14.4. The number of thiophene rings is 1. The van der Waals surface area contributed by atoms with Crippen molar-refractivity contribution >= 4 is 39.9 Å². The fourth-order valence-electron chi connectivity index (χ4n) is 4.44. The van der Waals surface area contributed by atoms with Crippen molar-refractivity contribution in [2.24, 2.45) is 0 Å². The lowest BCUT2D eigenvalue weighted by molar-refractivity contribution is -0.0789. The van der Waals surface area contributed by atoms with Crippen LogP contribution >= 0.6 is 11.3 Å². The number of fused-ring (bicyclic) bond motifs is 1. The molecule has 0 saturated carbocycles. The fourth-order valence-corrected chi connectivity index (χ4v) is 5.13. The SMILES string of the molecule is O=C(OF)c1c(N2CCN(C(=O)c3cccs3)CC2)c2cc(F)cnc2n(Cc2ccccc2)c1=O. The Kier molecular flexibility index (Phi) is 6.47.